The van der Waals surface area contributed by atoms with Gasteiger partial charge in [0.25, 0.3) is 0 Å². The molecule has 0 aromatic heterocycles. The average Bonchev–Trinajstić information content (AvgIpc) is 2.37. The third kappa shape index (κ3) is 2.73. The molecule has 0 saturated carbocycles. The molecule has 0 fully saturated rings. The maximum absolute atomic E-state index is 11.7. The molecular formula is C13H18N2O3. The lowest BCUT2D eigenvalue weighted by Crippen LogP contribution is -2.46. The monoisotopic (exact) mass is 250 g/mol. The van der Waals surface area contributed by atoms with Crippen molar-refractivity contribution in [2.45, 2.75) is 19.1 Å². The minimum absolute atomic E-state index is 0.0996. The Balaban J connectivity index is 1.96. The van der Waals surface area contributed by atoms with Crippen LogP contribution >= 0.6 is 0 Å². The summed E-state index contributed by atoms with van der Waals surface area (Å²) in [5, 5.41) is 0. The zero-order valence-corrected chi connectivity index (χ0v) is 10.6. The van der Waals surface area contributed by atoms with E-state index in [4.69, 9.17) is 15.2 Å². The molecule has 0 radical (unpaired) electrons. The van der Waals surface area contributed by atoms with Gasteiger partial charge in [-0.3, -0.25) is 4.79 Å². The van der Waals surface area contributed by atoms with Gasteiger partial charge in [-0.05, 0) is 19.1 Å². The highest BCUT2D eigenvalue weighted by Gasteiger charge is 2.24. The van der Waals surface area contributed by atoms with Crippen molar-refractivity contribution in [3.63, 3.8) is 0 Å². The van der Waals surface area contributed by atoms with Crippen LogP contribution in [0.25, 0.3) is 0 Å². The van der Waals surface area contributed by atoms with Crippen molar-refractivity contribution in [3.8, 4) is 11.5 Å². The summed E-state index contributed by atoms with van der Waals surface area (Å²) in [6, 6.07) is 7.01. The molecule has 2 N–H and O–H groups in total. The molecule has 0 bridgehead atoms. The second kappa shape index (κ2) is 5.27. The van der Waals surface area contributed by atoms with E-state index in [0.717, 1.165) is 11.5 Å². The molecule has 1 aromatic rings. The minimum Gasteiger partial charge on any atom is -0.486 e. The molecule has 18 heavy (non-hydrogen) atoms. The number of carbonyl (C=O) groups is 1. The van der Waals surface area contributed by atoms with Crippen molar-refractivity contribution in [2.75, 3.05) is 20.2 Å². The molecular weight excluding hydrogens is 232 g/mol. The van der Waals surface area contributed by atoms with Crippen LogP contribution in [-0.4, -0.2) is 43.2 Å². The van der Waals surface area contributed by atoms with Crippen molar-refractivity contribution >= 4 is 5.91 Å². The number of nitrogens with two attached hydrogens (primary N) is 1. The Labute approximate surface area is 106 Å². The van der Waals surface area contributed by atoms with Gasteiger partial charge in [-0.2, -0.15) is 0 Å². The van der Waals surface area contributed by atoms with Crippen LogP contribution in [0.3, 0.4) is 0 Å². The number of fused-ring (bicyclic) bond motifs is 1. The van der Waals surface area contributed by atoms with Crippen LogP contribution in [-0.2, 0) is 4.79 Å². The predicted molar refractivity (Wildman–Crippen MR) is 67.6 cm³/mol. The first-order valence-corrected chi connectivity index (χ1v) is 5.97. The number of hydrogen-bond donors (Lipinski definition) is 1. The average molecular weight is 250 g/mol. The van der Waals surface area contributed by atoms with E-state index in [-0.39, 0.29) is 12.0 Å². The fourth-order valence-corrected chi connectivity index (χ4v) is 1.90. The van der Waals surface area contributed by atoms with E-state index in [1.807, 2.05) is 24.3 Å². The Morgan fingerprint density at radius 2 is 2.17 bits per heavy atom. The quantitative estimate of drug-likeness (QED) is 0.854. The fourth-order valence-electron chi connectivity index (χ4n) is 1.90. The molecule has 98 valence electrons. The fraction of sp³-hybridized carbons (Fsp3) is 0.462. The van der Waals surface area contributed by atoms with Gasteiger partial charge in [0.15, 0.2) is 17.6 Å². The molecule has 2 atom stereocenters. The molecule has 5 nitrogen and oxygen atoms in total. The third-order valence-electron chi connectivity index (χ3n) is 2.81. The zero-order chi connectivity index (χ0) is 13.1. The van der Waals surface area contributed by atoms with Gasteiger partial charge in [-0.25, -0.2) is 0 Å². The molecule has 1 aliphatic heterocycles. The number of nitrogens with zero attached hydrogens (tertiary/aromatic N) is 1. The standard InChI is InChI=1S/C13H18N2O3/c1-9(14)13(16)15(2)7-10-8-17-11-5-3-4-6-12(11)18-10/h3-6,9-10H,7-8,14H2,1-2H3/t9-,10?/m1/s1. The maximum atomic E-state index is 11.7. The summed E-state index contributed by atoms with van der Waals surface area (Å²) >= 11 is 0. The number of benzene rings is 1. The van der Waals surface area contributed by atoms with Crippen LogP contribution in [0.4, 0.5) is 0 Å². The van der Waals surface area contributed by atoms with Crippen molar-refractivity contribution in [2.24, 2.45) is 5.73 Å². The first kappa shape index (κ1) is 12.7. The molecule has 5 heteroatoms. The molecule has 0 spiro atoms. The molecule has 1 aromatic carbocycles. The second-order valence-corrected chi connectivity index (χ2v) is 4.51. The Bertz CT molecular complexity index is 434. The first-order chi connectivity index (χ1) is 8.58. The number of ether oxygens (including phenoxy) is 2. The molecule has 1 heterocycles. The summed E-state index contributed by atoms with van der Waals surface area (Å²) < 4.78 is 11.4. The second-order valence-electron chi connectivity index (χ2n) is 4.51. The van der Waals surface area contributed by atoms with E-state index >= 15 is 0 Å². The summed E-state index contributed by atoms with van der Waals surface area (Å²) in [6.07, 6.45) is -0.160. The lowest BCUT2D eigenvalue weighted by Gasteiger charge is -2.30. The molecule has 0 saturated heterocycles. The van der Waals surface area contributed by atoms with Gasteiger partial charge < -0.3 is 20.1 Å². The number of likely N-dealkylation sites (N-methyl/N-ethyl adjacent to an activating group) is 1. The van der Waals surface area contributed by atoms with E-state index < -0.39 is 6.04 Å². The SMILES string of the molecule is C[C@@H](N)C(=O)N(C)CC1COc2ccccc2O1. The van der Waals surface area contributed by atoms with E-state index in [1.54, 1.807) is 18.9 Å². The van der Waals surface area contributed by atoms with Crippen LogP contribution in [0, 0.1) is 0 Å². The number of hydrogen-bond acceptors (Lipinski definition) is 4. The molecule has 0 aliphatic carbocycles. The van der Waals surface area contributed by atoms with Gasteiger partial charge in [0.2, 0.25) is 5.91 Å². The summed E-state index contributed by atoms with van der Waals surface area (Å²) in [4.78, 5) is 13.2. The molecule has 1 unspecified atom stereocenters. The van der Waals surface area contributed by atoms with E-state index in [1.165, 1.54) is 0 Å². The maximum Gasteiger partial charge on any atom is 0.239 e. The Morgan fingerprint density at radius 3 is 2.83 bits per heavy atom. The largest absolute Gasteiger partial charge is 0.486 e. The van der Waals surface area contributed by atoms with Crippen LogP contribution in [0.1, 0.15) is 6.92 Å². The van der Waals surface area contributed by atoms with Crippen molar-refractivity contribution in [3.05, 3.63) is 24.3 Å². The Kier molecular flexibility index (Phi) is 3.72. The lowest BCUT2D eigenvalue weighted by atomic mass is 10.2. The van der Waals surface area contributed by atoms with Crippen LogP contribution in [0.15, 0.2) is 24.3 Å². The minimum atomic E-state index is -0.494. The Morgan fingerprint density at radius 1 is 1.50 bits per heavy atom. The predicted octanol–water partition coefficient (Wildman–Crippen LogP) is 0.632. The van der Waals surface area contributed by atoms with E-state index in [0.29, 0.717) is 13.2 Å². The number of carbonyl (C=O) groups excluding carboxylic acids is 1. The molecule has 1 amide bonds. The van der Waals surface area contributed by atoms with Gasteiger partial charge in [-0.1, -0.05) is 12.1 Å². The molecule has 1 aliphatic rings. The summed E-state index contributed by atoms with van der Waals surface area (Å²) in [5.41, 5.74) is 5.56. The normalized spacial score (nSPS) is 19.2. The van der Waals surface area contributed by atoms with Gasteiger partial charge >= 0.3 is 0 Å². The van der Waals surface area contributed by atoms with Gasteiger partial charge in [0.1, 0.15) is 6.61 Å². The summed E-state index contributed by atoms with van der Waals surface area (Å²) in [6.45, 7) is 2.58. The van der Waals surface area contributed by atoms with Gasteiger partial charge in [-0.15, -0.1) is 0 Å². The van der Waals surface area contributed by atoms with E-state index in [9.17, 15) is 4.79 Å². The highest BCUT2D eigenvalue weighted by atomic mass is 16.6. The van der Waals surface area contributed by atoms with E-state index in [2.05, 4.69) is 0 Å². The number of para-hydroxylation sites is 2. The highest BCUT2D eigenvalue weighted by molar-refractivity contribution is 5.80. The number of amides is 1. The molecule has 2 rings (SSSR count). The highest BCUT2D eigenvalue weighted by Crippen LogP contribution is 2.30. The number of rotatable bonds is 3. The van der Waals surface area contributed by atoms with Crippen molar-refractivity contribution < 1.29 is 14.3 Å². The summed E-state index contributed by atoms with van der Waals surface area (Å²) in [5.74, 6) is 1.36. The third-order valence-corrected chi connectivity index (χ3v) is 2.81. The topological polar surface area (TPSA) is 64.8 Å². The van der Waals surface area contributed by atoms with Crippen molar-refractivity contribution in [1.82, 2.24) is 4.90 Å². The first-order valence-electron chi connectivity index (χ1n) is 5.97. The van der Waals surface area contributed by atoms with Crippen LogP contribution < -0.4 is 15.2 Å². The summed E-state index contributed by atoms with van der Waals surface area (Å²) in [7, 11) is 1.72. The van der Waals surface area contributed by atoms with Crippen molar-refractivity contribution in [1.29, 1.82) is 0 Å². The van der Waals surface area contributed by atoms with Crippen LogP contribution in [0.5, 0.6) is 11.5 Å². The Hall–Kier alpha value is -1.75. The van der Waals surface area contributed by atoms with Crippen LogP contribution in [0.2, 0.25) is 0 Å². The van der Waals surface area contributed by atoms with Gasteiger partial charge in [0.05, 0.1) is 12.6 Å². The zero-order valence-electron chi connectivity index (χ0n) is 10.6. The van der Waals surface area contributed by atoms with Gasteiger partial charge in [0, 0.05) is 7.05 Å². The lowest BCUT2D eigenvalue weighted by molar-refractivity contribution is -0.132. The smallest absolute Gasteiger partial charge is 0.239 e.